The molecule has 2 aromatic rings. The molecule has 0 saturated carbocycles. The van der Waals surface area contributed by atoms with Crippen LogP contribution >= 0.6 is 22.9 Å². The molecule has 0 aliphatic carbocycles. The Kier molecular flexibility index (Phi) is 2.91. The van der Waals surface area contributed by atoms with E-state index in [4.69, 9.17) is 17.3 Å². The SMILES string of the molecule is NCc1cccn1Cc1ccc(Cl)s1. The molecule has 0 bridgehead atoms. The monoisotopic (exact) mass is 226 g/mol. The van der Waals surface area contributed by atoms with Gasteiger partial charge in [0.25, 0.3) is 0 Å². The lowest BCUT2D eigenvalue weighted by atomic mass is 10.4. The van der Waals surface area contributed by atoms with Crippen LogP contribution in [0.15, 0.2) is 30.5 Å². The van der Waals surface area contributed by atoms with Gasteiger partial charge in [-0.1, -0.05) is 11.6 Å². The largest absolute Gasteiger partial charge is 0.345 e. The van der Waals surface area contributed by atoms with Gasteiger partial charge in [0.15, 0.2) is 0 Å². The van der Waals surface area contributed by atoms with Crippen LogP contribution in [-0.2, 0) is 13.1 Å². The fraction of sp³-hybridized carbons (Fsp3) is 0.200. The fourth-order valence-electron chi connectivity index (χ4n) is 1.39. The summed E-state index contributed by atoms with van der Waals surface area (Å²) in [7, 11) is 0. The first kappa shape index (κ1) is 9.77. The highest BCUT2D eigenvalue weighted by Gasteiger charge is 2.02. The molecule has 4 heteroatoms. The van der Waals surface area contributed by atoms with Crippen molar-refractivity contribution in [1.29, 1.82) is 0 Å². The summed E-state index contributed by atoms with van der Waals surface area (Å²) in [6, 6.07) is 8.02. The summed E-state index contributed by atoms with van der Waals surface area (Å²) in [5.41, 5.74) is 6.76. The minimum Gasteiger partial charge on any atom is -0.345 e. The van der Waals surface area contributed by atoms with E-state index in [1.807, 2.05) is 30.5 Å². The van der Waals surface area contributed by atoms with E-state index >= 15 is 0 Å². The summed E-state index contributed by atoms with van der Waals surface area (Å²) in [5.74, 6) is 0. The molecule has 14 heavy (non-hydrogen) atoms. The molecule has 2 nitrogen and oxygen atoms in total. The van der Waals surface area contributed by atoms with Crippen molar-refractivity contribution in [2.24, 2.45) is 5.73 Å². The molecular weight excluding hydrogens is 216 g/mol. The third-order valence-electron chi connectivity index (χ3n) is 2.09. The number of aromatic nitrogens is 1. The Morgan fingerprint density at radius 1 is 1.36 bits per heavy atom. The highest BCUT2D eigenvalue weighted by molar-refractivity contribution is 7.16. The number of nitrogens with two attached hydrogens (primary N) is 1. The second-order valence-electron chi connectivity index (χ2n) is 3.04. The molecule has 0 atom stereocenters. The Morgan fingerprint density at radius 3 is 2.86 bits per heavy atom. The molecule has 2 aromatic heterocycles. The normalized spacial score (nSPS) is 10.7. The highest BCUT2D eigenvalue weighted by Crippen LogP contribution is 2.22. The molecule has 74 valence electrons. The van der Waals surface area contributed by atoms with Crippen molar-refractivity contribution >= 4 is 22.9 Å². The van der Waals surface area contributed by atoms with Gasteiger partial charge in [-0.3, -0.25) is 0 Å². The molecule has 2 N–H and O–H groups in total. The standard InChI is InChI=1S/C10H11ClN2S/c11-10-4-3-9(14-10)7-13-5-1-2-8(13)6-12/h1-5H,6-7,12H2. The molecule has 2 rings (SSSR count). The fourth-order valence-corrected chi connectivity index (χ4v) is 2.48. The van der Waals surface area contributed by atoms with E-state index < -0.39 is 0 Å². The molecule has 0 spiro atoms. The van der Waals surface area contributed by atoms with Gasteiger partial charge in [-0.15, -0.1) is 11.3 Å². The quantitative estimate of drug-likeness (QED) is 0.857. The molecule has 0 aliphatic rings. The first-order chi connectivity index (χ1) is 6.79. The molecule has 0 radical (unpaired) electrons. The van der Waals surface area contributed by atoms with Gasteiger partial charge in [0.2, 0.25) is 0 Å². The minimum atomic E-state index is 0.576. The summed E-state index contributed by atoms with van der Waals surface area (Å²) in [6.45, 7) is 1.43. The van der Waals surface area contributed by atoms with Crippen LogP contribution in [0.5, 0.6) is 0 Å². The second-order valence-corrected chi connectivity index (χ2v) is 4.84. The van der Waals surface area contributed by atoms with E-state index in [0.29, 0.717) is 6.54 Å². The number of hydrogen-bond donors (Lipinski definition) is 1. The predicted octanol–water partition coefficient (Wildman–Crippen LogP) is 2.71. The molecule has 0 saturated heterocycles. The summed E-state index contributed by atoms with van der Waals surface area (Å²) >= 11 is 7.47. The zero-order valence-corrected chi connectivity index (χ0v) is 9.18. The van der Waals surface area contributed by atoms with Crippen LogP contribution in [-0.4, -0.2) is 4.57 Å². The number of thiophene rings is 1. The average molecular weight is 227 g/mol. The lowest BCUT2D eigenvalue weighted by Gasteiger charge is -2.05. The maximum atomic E-state index is 5.86. The minimum absolute atomic E-state index is 0.576. The van der Waals surface area contributed by atoms with Gasteiger partial charge in [0.05, 0.1) is 10.9 Å². The van der Waals surface area contributed by atoms with Crippen LogP contribution in [0.25, 0.3) is 0 Å². The molecule has 0 fully saturated rings. The maximum Gasteiger partial charge on any atom is 0.0931 e. The van der Waals surface area contributed by atoms with Crippen molar-refractivity contribution in [3.63, 3.8) is 0 Å². The van der Waals surface area contributed by atoms with Crippen LogP contribution in [0.2, 0.25) is 4.34 Å². The molecule has 0 aromatic carbocycles. The van der Waals surface area contributed by atoms with Crippen LogP contribution in [0.3, 0.4) is 0 Å². The third kappa shape index (κ3) is 2.00. The van der Waals surface area contributed by atoms with Crippen molar-refractivity contribution in [3.8, 4) is 0 Å². The Bertz CT molecular complexity index is 419. The van der Waals surface area contributed by atoms with Crippen molar-refractivity contribution in [3.05, 3.63) is 45.4 Å². The second kappa shape index (κ2) is 4.17. The van der Waals surface area contributed by atoms with Gasteiger partial charge in [0.1, 0.15) is 0 Å². The van der Waals surface area contributed by atoms with Crippen molar-refractivity contribution < 1.29 is 0 Å². The van der Waals surface area contributed by atoms with Crippen LogP contribution in [0.4, 0.5) is 0 Å². The summed E-state index contributed by atoms with van der Waals surface area (Å²) < 4.78 is 2.98. The Labute approximate surface area is 91.9 Å². The predicted molar refractivity (Wildman–Crippen MR) is 60.8 cm³/mol. The van der Waals surface area contributed by atoms with Gasteiger partial charge in [-0.05, 0) is 24.3 Å². The zero-order chi connectivity index (χ0) is 9.97. The van der Waals surface area contributed by atoms with E-state index in [1.165, 1.54) is 4.88 Å². The summed E-state index contributed by atoms with van der Waals surface area (Å²) in [5, 5.41) is 0. The van der Waals surface area contributed by atoms with E-state index in [2.05, 4.69) is 4.57 Å². The maximum absolute atomic E-state index is 5.86. The Hall–Kier alpha value is -0.770. The van der Waals surface area contributed by atoms with Crippen molar-refractivity contribution in [1.82, 2.24) is 4.57 Å². The zero-order valence-electron chi connectivity index (χ0n) is 7.61. The van der Waals surface area contributed by atoms with E-state index in [9.17, 15) is 0 Å². The number of rotatable bonds is 3. The van der Waals surface area contributed by atoms with Crippen LogP contribution < -0.4 is 5.73 Å². The molecular formula is C10H11ClN2S. The smallest absolute Gasteiger partial charge is 0.0931 e. The molecule has 2 heterocycles. The van der Waals surface area contributed by atoms with Gasteiger partial charge in [0, 0.05) is 23.3 Å². The molecule has 0 aliphatic heterocycles. The number of hydrogen-bond acceptors (Lipinski definition) is 2. The van der Waals surface area contributed by atoms with E-state index in [-0.39, 0.29) is 0 Å². The van der Waals surface area contributed by atoms with Gasteiger partial charge < -0.3 is 10.3 Å². The van der Waals surface area contributed by atoms with Crippen LogP contribution in [0.1, 0.15) is 10.6 Å². The van der Waals surface area contributed by atoms with E-state index in [1.54, 1.807) is 11.3 Å². The summed E-state index contributed by atoms with van der Waals surface area (Å²) in [4.78, 5) is 1.25. The topological polar surface area (TPSA) is 30.9 Å². The highest BCUT2D eigenvalue weighted by atomic mass is 35.5. The lowest BCUT2D eigenvalue weighted by Crippen LogP contribution is -2.06. The lowest BCUT2D eigenvalue weighted by molar-refractivity contribution is 0.753. The van der Waals surface area contributed by atoms with Gasteiger partial charge in [-0.2, -0.15) is 0 Å². The van der Waals surface area contributed by atoms with Gasteiger partial charge in [-0.25, -0.2) is 0 Å². The third-order valence-corrected chi connectivity index (χ3v) is 3.30. The van der Waals surface area contributed by atoms with Crippen LogP contribution in [0, 0.1) is 0 Å². The van der Waals surface area contributed by atoms with Gasteiger partial charge >= 0.3 is 0 Å². The number of nitrogens with zero attached hydrogens (tertiary/aromatic N) is 1. The van der Waals surface area contributed by atoms with Crippen molar-refractivity contribution in [2.75, 3.05) is 0 Å². The Morgan fingerprint density at radius 2 is 2.21 bits per heavy atom. The Balaban J connectivity index is 2.18. The van der Waals surface area contributed by atoms with E-state index in [0.717, 1.165) is 16.6 Å². The molecule has 0 amide bonds. The first-order valence-electron chi connectivity index (χ1n) is 4.38. The number of halogens is 1. The average Bonchev–Trinajstić information content (AvgIpc) is 2.76. The first-order valence-corrected chi connectivity index (χ1v) is 5.57. The molecule has 0 unspecified atom stereocenters. The summed E-state index contributed by atoms with van der Waals surface area (Å²) in [6.07, 6.45) is 2.04. The van der Waals surface area contributed by atoms with Crippen molar-refractivity contribution in [2.45, 2.75) is 13.1 Å².